The fourth-order valence-corrected chi connectivity index (χ4v) is 5.88. The molecule has 0 aromatic carbocycles. The zero-order valence-corrected chi connectivity index (χ0v) is 13.7. The monoisotopic (exact) mass is 325 g/mol. The van der Waals surface area contributed by atoms with Gasteiger partial charge < -0.3 is 14.8 Å². The maximum atomic E-state index is 13.0. The van der Waals surface area contributed by atoms with Crippen LogP contribution in [0, 0.1) is 23.2 Å². The van der Waals surface area contributed by atoms with Crippen molar-refractivity contribution in [2.45, 2.75) is 45.1 Å². The van der Waals surface area contributed by atoms with Crippen LogP contribution >= 0.6 is 0 Å². The molecule has 5 nitrogen and oxygen atoms in total. The Balaban J connectivity index is 1.32. The number of aromatic nitrogens is 2. The molecule has 0 radical (unpaired) electrons. The first-order valence-corrected chi connectivity index (χ1v) is 9.05. The zero-order chi connectivity index (χ0) is 16.3. The van der Waals surface area contributed by atoms with Gasteiger partial charge in [0.25, 0.3) is 0 Å². The molecule has 2 aromatic heterocycles. The Morgan fingerprint density at radius 1 is 1.25 bits per heavy atom. The number of carbonyl (C=O) groups is 1. The molecule has 0 atom stereocenters. The second-order valence-corrected chi connectivity index (χ2v) is 8.24. The van der Waals surface area contributed by atoms with E-state index in [2.05, 4.69) is 10.3 Å². The van der Waals surface area contributed by atoms with Gasteiger partial charge in [-0.05, 0) is 68.4 Å². The molecule has 2 heterocycles. The predicted molar refractivity (Wildman–Crippen MR) is 89.3 cm³/mol. The normalized spacial score (nSPS) is 33.9. The summed E-state index contributed by atoms with van der Waals surface area (Å²) >= 11 is 0. The lowest BCUT2D eigenvalue weighted by Gasteiger charge is -2.55. The lowest BCUT2D eigenvalue weighted by Crippen LogP contribution is -2.53. The van der Waals surface area contributed by atoms with Crippen molar-refractivity contribution in [3.63, 3.8) is 0 Å². The minimum atomic E-state index is -0.115. The Bertz CT molecular complexity index is 775. The molecule has 126 valence electrons. The van der Waals surface area contributed by atoms with E-state index >= 15 is 0 Å². The molecule has 24 heavy (non-hydrogen) atoms. The Kier molecular flexibility index (Phi) is 2.97. The van der Waals surface area contributed by atoms with Gasteiger partial charge in [0.2, 0.25) is 5.91 Å². The molecule has 2 aromatic rings. The summed E-state index contributed by atoms with van der Waals surface area (Å²) in [5, 5.41) is 13.0. The lowest BCUT2D eigenvalue weighted by atomic mass is 9.49. The smallest absolute Gasteiger partial charge is 0.226 e. The van der Waals surface area contributed by atoms with Crippen molar-refractivity contribution in [1.29, 1.82) is 0 Å². The summed E-state index contributed by atoms with van der Waals surface area (Å²) in [6.07, 6.45) is 11.0. The standard InChI is InChI=1S/C19H23N3O2/c23-16-2-1-3-22-11-15(21-17(16)22)10-20-18(24)19-7-12-4-13(8-19)6-14(5-12)9-19/h1-3,11-14,23H,4-10H2,(H,20,24). The number of hydrogen-bond donors (Lipinski definition) is 2. The summed E-state index contributed by atoms with van der Waals surface area (Å²) in [4.78, 5) is 17.4. The second kappa shape index (κ2) is 4.98. The Hall–Kier alpha value is -2.04. The van der Waals surface area contributed by atoms with E-state index < -0.39 is 0 Å². The van der Waals surface area contributed by atoms with Crippen LogP contribution in [0.25, 0.3) is 5.65 Å². The van der Waals surface area contributed by atoms with Crippen LogP contribution in [0.15, 0.2) is 24.5 Å². The Morgan fingerprint density at radius 2 is 1.92 bits per heavy atom. The number of amides is 1. The minimum absolute atomic E-state index is 0.115. The summed E-state index contributed by atoms with van der Waals surface area (Å²) in [5.74, 6) is 2.71. The van der Waals surface area contributed by atoms with Crippen molar-refractivity contribution in [2.75, 3.05) is 0 Å². The molecule has 4 aliphatic carbocycles. The first-order chi connectivity index (χ1) is 11.6. The van der Waals surface area contributed by atoms with Gasteiger partial charge in [-0.2, -0.15) is 0 Å². The summed E-state index contributed by atoms with van der Waals surface area (Å²) in [5.41, 5.74) is 1.21. The van der Waals surface area contributed by atoms with Crippen LogP contribution in [0.4, 0.5) is 0 Å². The first kappa shape index (κ1) is 14.3. The molecule has 1 amide bonds. The molecule has 4 aliphatic rings. The van der Waals surface area contributed by atoms with Gasteiger partial charge in [0, 0.05) is 17.8 Å². The largest absolute Gasteiger partial charge is 0.504 e. The van der Waals surface area contributed by atoms with E-state index in [0.29, 0.717) is 12.2 Å². The summed E-state index contributed by atoms with van der Waals surface area (Å²) in [7, 11) is 0. The molecule has 5 heteroatoms. The number of carbonyl (C=O) groups excluding carboxylic acids is 1. The Labute approximate surface area is 141 Å². The molecule has 2 N–H and O–H groups in total. The van der Waals surface area contributed by atoms with E-state index in [1.165, 1.54) is 19.3 Å². The number of rotatable bonds is 3. The first-order valence-electron chi connectivity index (χ1n) is 9.05. The van der Waals surface area contributed by atoms with E-state index in [1.807, 2.05) is 12.4 Å². The highest BCUT2D eigenvalue weighted by Crippen LogP contribution is 2.60. The van der Waals surface area contributed by atoms with Gasteiger partial charge in [-0.25, -0.2) is 4.98 Å². The van der Waals surface area contributed by atoms with Crippen LogP contribution < -0.4 is 5.32 Å². The maximum absolute atomic E-state index is 13.0. The average molecular weight is 325 g/mol. The van der Waals surface area contributed by atoms with E-state index in [9.17, 15) is 9.90 Å². The van der Waals surface area contributed by atoms with E-state index in [0.717, 1.165) is 42.7 Å². The van der Waals surface area contributed by atoms with Crippen molar-refractivity contribution in [3.8, 4) is 5.75 Å². The van der Waals surface area contributed by atoms with Crippen LogP contribution in [0.1, 0.15) is 44.2 Å². The van der Waals surface area contributed by atoms with E-state index in [4.69, 9.17) is 0 Å². The predicted octanol–water partition coefficient (Wildman–Crippen LogP) is 2.87. The molecule has 4 bridgehead atoms. The number of pyridine rings is 1. The highest BCUT2D eigenvalue weighted by molar-refractivity contribution is 5.83. The molecule has 6 rings (SSSR count). The second-order valence-electron chi connectivity index (χ2n) is 8.24. The number of fused-ring (bicyclic) bond motifs is 1. The van der Waals surface area contributed by atoms with Crippen molar-refractivity contribution >= 4 is 11.6 Å². The summed E-state index contributed by atoms with van der Waals surface area (Å²) in [6, 6.07) is 3.40. The number of aromatic hydroxyl groups is 1. The molecule has 0 unspecified atom stereocenters. The molecule has 0 spiro atoms. The average Bonchev–Trinajstić information content (AvgIpc) is 2.96. The number of nitrogens with one attached hydrogen (secondary N) is 1. The summed E-state index contributed by atoms with van der Waals surface area (Å²) in [6.45, 7) is 0.432. The van der Waals surface area contributed by atoms with Crippen LogP contribution in [0.5, 0.6) is 5.75 Å². The number of imidazole rings is 1. The molecular formula is C19H23N3O2. The summed E-state index contributed by atoms with van der Waals surface area (Å²) < 4.78 is 1.79. The fraction of sp³-hybridized carbons (Fsp3) is 0.579. The SMILES string of the molecule is O=C(NCc1cn2cccc(O)c2n1)C12CC3CC(CC(C3)C1)C2. The molecule has 0 aliphatic heterocycles. The highest BCUT2D eigenvalue weighted by Gasteiger charge is 2.54. The third-order valence-corrected chi connectivity index (χ3v) is 6.46. The van der Waals surface area contributed by atoms with Crippen molar-refractivity contribution in [2.24, 2.45) is 23.2 Å². The number of nitrogens with zero attached hydrogens (tertiary/aromatic N) is 2. The molecular weight excluding hydrogens is 302 g/mol. The van der Waals surface area contributed by atoms with E-state index in [-0.39, 0.29) is 17.1 Å². The quantitative estimate of drug-likeness (QED) is 0.912. The van der Waals surface area contributed by atoms with Gasteiger partial charge in [-0.3, -0.25) is 4.79 Å². The third kappa shape index (κ3) is 2.14. The zero-order valence-electron chi connectivity index (χ0n) is 13.7. The van der Waals surface area contributed by atoms with Gasteiger partial charge in [-0.1, -0.05) is 0 Å². The van der Waals surface area contributed by atoms with Gasteiger partial charge in [0.05, 0.1) is 12.2 Å². The van der Waals surface area contributed by atoms with Gasteiger partial charge in [0.15, 0.2) is 11.4 Å². The highest BCUT2D eigenvalue weighted by atomic mass is 16.3. The molecule has 4 saturated carbocycles. The van der Waals surface area contributed by atoms with Gasteiger partial charge in [0.1, 0.15) is 0 Å². The molecule has 0 saturated heterocycles. The topological polar surface area (TPSA) is 66.6 Å². The third-order valence-electron chi connectivity index (χ3n) is 6.46. The van der Waals surface area contributed by atoms with Crippen LogP contribution in [-0.2, 0) is 11.3 Å². The van der Waals surface area contributed by atoms with Crippen molar-refractivity contribution in [3.05, 3.63) is 30.2 Å². The Morgan fingerprint density at radius 3 is 2.54 bits per heavy atom. The van der Waals surface area contributed by atoms with Crippen LogP contribution in [-0.4, -0.2) is 20.4 Å². The van der Waals surface area contributed by atoms with Crippen LogP contribution in [0.2, 0.25) is 0 Å². The number of hydrogen-bond acceptors (Lipinski definition) is 3. The minimum Gasteiger partial charge on any atom is -0.504 e. The fourth-order valence-electron chi connectivity index (χ4n) is 5.88. The van der Waals surface area contributed by atoms with Crippen molar-refractivity contribution < 1.29 is 9.90 Å². The van der Waals surface area contributed by atoms with Crippen LogP contribution in [0.3, 0.4) is 0 Å². The maximum Gasteiger partial charge on any atom is 0.226 e. The van der Waals surface area contributed by atoms with Gasteiger partial charge >= 0.3 is 0 Å². The van der Waals surface area contributed by atoms with Crippen molar-refractivity contribution in [1.82, 2.24) is 14.7 Å². The molecule has 4 fully saturated rings. The van der Waals surface area contributed by atoms with Gasteiger partial charge in [-0.15, -0.1) is 0 Å². The van der Waals surface area contributed by atoms with E-state index in [1.54, 1.807) is 16.5 Å². The lowest BCUT2D eigenvalue weighted by molar-refractivity contribution is -0.146.